The van der Waals surface area contributed by atoms with Gasteiger partial charge in [-0.15, -0.1) is 0 Å². The van der Waals surface area contributed by atoms with E-state index in [2.05, 4.69) is 15.3 Å². The van der Waals surface area contributed by atoms with Gasteiger partial charge in [0.1, 0.15) is 6.04 Å². The molecule has 7 nitrogen and oxygen atoms in total. The second kappa shape index (κ2) is 9.17. The predicted octanol–water partition coefficient (Wildman–Crippen LogP) is 1.96. The van der Waals surface area contributed by atoms with Crippen LogP contribution < -0.4 is 5.32 Å². The topological polar surface area (TPSA) is 87.3 Å². The van der Waals surface area contributed by atoms with Crippen LogP contribution in [-0.2, 0) is 16.0 Å². The number of carbonyl (C=O) groups excluding carboxylic acids is 2. The number of ether oxygens (including phenoxy) is 1. The van der Waals surface area contributed by atoms with Crippen LogP contribution >= 0.6 is 0 Å². The number of imidazole rings is 1. The van der Waals surface area contributed by atoms with Crippen molar-refractivity contribution in [3.63, 3.8) is 0 Å². The summed E-state index contributed by atoms with van der Waals surface area (Å²) in [5.41, 5.74) is 0.970. The third kappa shape index (κ3) is 7.17. The quantitative estimate of drug-likeness (QED) is 0.765. The molecule has 0 bridgehead atoms. The molecule has 7 heteroatoms. The fraction of sp³-hybridized carbons (Fsp3) is 0.688. The van der Waals surface area contributed by atoms with E-state index in [1.807, 2.05) is 13.8 Å². The lowest BCUT2D eigenvalue weighted by molar-refractivity contribution is -0.132. The molecule has 0 saturated heterocycles. The smallest absolute Gasteiger partial charge is 0.408 e. The number of nitrogens with one attached hydrogen (secondary N) is 2. The summed E-state index contributed by atoms with van der Waals surface area (Å²) in [6.45, 7) is 8.13. The van der Waals surface area contributed by atoms with Crippen molar-refractivity contribution in [1.29, 1.82) is 0 Å². The maximum atomic E-state index is 12.6. The molecule has 0 spiro atoms. The molecule has 1 rings (SSSR count). The maximum absolute atomic E-state index is 12.6. The summed E-state index contributed by atoms with van der Waals surface area (Å²) in [6.07, 6.45) is 3.83. The van der Waals surface area contributed by atoms with Gasteiger partial charge in [-0.25, -0.2) is 9.78 Å². The molecule has 1 aromatic heterocycles. The monoisotopic (exact) mass is 324 g/mol. The Balaban J connectivity index is 2.60. The zero-order valence-corrected chi connectivity index (χ0v) is 14.6. The van der Waals surface area contributed by atoms with Crippen molar-refractivity contribution in [3.8, 4) is 0 Å². The first-order valence-electron chi connectivity index (χ1n) is 7.99. The molecule has 0 aliphatic carbocycles. The van der Waals surface area contributed by atoms with E-state index in [1.165, 1.54) is 0 Å². The van der Waals surface area contributed by atoms with Gasteiger partial charge in [0.25, 0.3) is 0 Å². The van der Waals surface area contributed by atoms with Crippen LogP contribution in [0.25, 0.3) is 0 Å². The minimum atomic E-state index is -0.576. The molecule has 2 amide bonds. The Morgan fingerprint density at radius 2 is 2.04 bits per heavy atom. The number of aromatic amines is 1. The summed E-state index contributed by atoms with van der Waals surface area (Å²) in [6, 6.07) is -0.576. The lowest BCUT2D eigenvalue weighted by atomic mass is 10.0. The second-order valence-corrected chi connectivity index (χ2v) is 6.37. The number of amides is 2. The molecule has 130 valence electrons. The van der Waals surface area contributed by atoms with Crippen LogP contribution in [0, 0.1) is 5.92 Å². The van der Waals surface area contributed by atoms with E-state index < -0.39 is 12.1 Å². The van der Waals surface area contributed by atoms with Crippen LogP contribution in [-0.4, -0.2) is 52.6 Å². The lowest BCUT2D eigenvalue weighted by Gasteiger charge is -2.25. The van der Waals surface area contributed by atoms with Gasteiger partial charge in [-0.2, -0.15) is 0 Å². The maximum Gasteiger partial charge on any atom is 0.408 e. The van der Waals surface area contributed by atoms with Crippen molar-refractivity contribution in [2.75, 3.05) is 13.6 Å². The summed E-state index contributed by atoms with van der Waals surface area (Å²) in [4.78, 5) is 33.0. The van der Waals surface area contributed by atoms with Gasteiger partial charge in [0.2, 0.25) is 5.91 Å². The van der Waals surface area contributed by atoms with Crippen LogP contribution in [0.15, 0.2) is 12.5 Å². The van der Waals surface area contributed by atoms with Crippen LogP contribution in [0.2, 0.25) is 0 Å². The third-order valence-electron chi connectivity index (χ3n) is 3.29. The van der Waals surface area contributed by atoms with E-state index in [0.717, 1.165) is 5.69 Å². The second-order valence-electron chi connectivity index (χ2n) is 6.37. The standard InChI is InChI=1S/C16H28N4O3/c1-11(2)8-14(19-16(22)23-12(3)4)15(21)20(5)7-6-13-9-17-10-18-13/h9-12,14H,6-8H2,1-5H3,(H,17,18)(H,19,22)/t14-/m0/s1. The van der Waals surface area contributed by atoms with E-state index in [9.17, 15) is 9.59 Å². The first-order valence-corrected chi connectivity index (χ1v) is 7.99. The third-order valence-corrected chi connectivity index (χ3v) is 3.29. The number of hydrogen-bond donors (Lipinski definition) is 2. The van der Waals surface area contributed by atoms with Crippen LogP contribution in [0.3, 0.4) is 0 Å². The summed E-state index contributed by atoms with van der Waals surface area (Å²) < 4.78 is 5.08. The number of aromatic nitrogens is 2. The SMILES string of the molecule is CC(C)C[C@H](NC(=O)OC(C)C)C(=O)N(C)CCc1cnc[nH]1. The first-order chi connectivity index (χ1) is 10.8. The number of carbonyl (C=O) groups is 2. The highest BCUT2D eigenvalue weighted by molar-refractivity contribution is 5.85. The molecule has 2 N–H and O–H groups in total. The summed E-state index contributed by atoms with van der Waals surface area (Å²) >= 11 is 0. The Kier molecular flexibility index (Phi) is 7.57. The van der Waals surface area contributed by atoms with Crippen molar-refractivity contribution in [2.45, 2.75) is 52.7 Å². The molecule has 1 aromatic rings. The Morgan fingerprint density at radius 1 is 1.35 bits per heavy atom. The Bertz CT molecular complexity index is 486. The van der Waals surface area contributed by atoms with E-state index in [4.69, 9.17) is 4.74 Å². The summed E-state index contributed by atoms with van der Waals surface area (Å²) in [5, 5.41) is 2.68. The van der Waals surface area contributed by atoms with Crippen molar-refractivity contribution >= 4 is 12.0 Å². The van der Waals surface area contributed by atoms with Gasteiger partial charge in [-0.3, -0.25) is 4.79 Å². The Labute approximate surface area is 137 Å². The van der Waals surface area contributed by atoms with Gasteiger partial charge in [-0.1, -0.05) is 13.8 Å². The number of H-pyrrole nitrogens is 1. The van der Waals surface area contributed by atoms with E-state index >= 15 is 0 Å². The van der Waals surface area contributed by atoms with Crippen molar-refractivity contribution in [2.24, 2.45) is 5.92 Å². The lowest BCUT2D eigenvalue weighted by Crippen LogP contribution is -2.48. The first kappa shape index (κ1) is 19.0. The predicted molar refractivity (Wildman–Crippen MR) is 87.9 cm³/mol. The molecule has 0 saturated carbocycles. The molecule has 0 radical (unpaired) electrons. The van der Waals surface area contributed by atoms with Crippen molar-refractivity contribution < 1.29 is 14.3 Å². The molecular weight excluding hydrogens is 296 g/mol. The van der Waals surface area contributed by atoms with Crippen molar-refractivity contribution in [1.82, 2.24) is 20.2 Å². The van der Waals surface area contributed by atoms with Gasteiger partial charge in [-0.05, 0) is 26.2 Å². The fourth-order valence-corrected chi connectivity index (χ4v) is 2.17. The van der Waals surface area contributed by atoms with Gasteiger partial charge >= 0.3 is 6.09 Å². The number of alkyl carbamates (subject to hydrolysis) is 1. The average Bonchev–Trinajstić information content (AvgIpc) is 2.95. The van der Waals surface area contributed by atoms with E-state index in [1.54, 1.807) is 38.3 Å². The summed E-state index contributed by atoms with van der Waals surface area (Å²) in [5.74, 6) is 0.170. The normalized spacial score (nSPS) is 12.3. The fourth-order valence-electron chi connectivity index (χ4n) is 2.17. The molecule has 0 aliphatic heterocycles. The largest absolute Gasteiger partial charge is 0.447 e. The molecule has 0 fully saturated rings. The van der Waals surface area contributed by atoms with Gasteiger partial charge < -0.3 is 19.9 Å². The minimum Gasteiger partial charge on any atom is -0.447 e. The van der Waals surface area contributed by atoms with Gasteiger partial charge in [0, 0.05) is 31.9 Å². The number of nitrogens with zero attached hydrogens (tertiary/aromatic N) is 2. The number of likely N-dealkylation sites (N-methyl/N-ethyl adjacent to an activating group) is 1. The number of hydrogen-bond acceptors (Lipinski definition) is 4. The minimum absolute atomic E-state index is 0.112. The summed E-state index contributed by atoms with van der Waals surface area (Å²) in [7, 11) is 1.74. The van der Waals surface area contributed by atoms with E-state index in [0.29, 0.717) is 19.4 Å². The average molecular weight is 324 g/mol. The van der Waals surface area contributed by atoms with Gasteiger partial charge in [0.05, 0.1) is 12.4 Å². The van der Waals surface area contributed by atoms with Crippen LogP contribution in [0.1, 0.15) is 39.8 Å². The highest BCUT2D eigenvalue weighted by Crippen LogP contribution is 2.09. The molecule has 0 aromatic carbocycles. The van der Waals surface area contributed by atoms with Crippen LogP contribution in [0.5, 0.6) is 0 Å². The molecule has 1 atom stereocenters. The molecule has 0 aliphatic rings. The van der Waals surface area contributed by atoms with Crippen molar-refractivity contribution in [3.05, 3.63) is 18.2 Å². The highest BCUT2D eigenvalue weighted by Gasteiger charge is 2.25. The Morgan fingerprint density at radius 3 is 2.57 bits per heavy atom. The molecule has 1 heterocycles. The Hall–Kier alpha value is -2.05. The van der Waals surface area contributed by atoms with Gasteiger partial charge in [0.15, 0.2) is 0 Å². The molecule has 23 heavy (non-hydrogen) atoms. The zero-order chi connectivity index (χ0) is 17.4. The van der Waals surface area contributed by atoms with E-state index in [-0.39, 0.29) is 17.9 Å². The molecule has 0 unspecified atom stereocenters. The van der Waals surface area contributed by atoms with Crippen LogP contribution in [0.4, 0.5) is 4.79 Å². The zero-order valence-electron chi connectivity index (χ0n) is 14.6. The molecular formula is C16H28N4O3. The highest BCUT2D eigenvalue weighted by atomic mass is 16.6. The number of rotatable bonds is 8.